The van der Waals surface area contributed by atoms with Crippen LogP contribution in [0.4, 0.5) is 5.69 Å². The molecule has 0 radical (unpaired) electrons. The van der Waals surface area contributed by atoms with Gasteiger partial charge in [0.05, 0.1) is 4.92 Å². The number of likely N-dealkylation sites (tertiary alicyclic amines) is 1. The molecule has 122 valence electrons. The van der Waals surface area contributed by atoms with Crippen molar-refractivity contribution in [2.24, 2.45) is 5.92 Å². The molecule has 0 spiro atoms. The van der Waals surface area contributed by atoms with E-state index in [0.29, 0.717) is 19.0 Å². The Kier molecular flexibility index (Phi) is 7.06. The minimum Gasteiger partial charge on any atom is -0.338 e. The van der Waals surface area contributed by atoms with Crippen molar-refractivity contribution in [2.75, 3.05) is 26.7 Å². The van der Waals surface area contributed by atoms with Crippen LogP contribution >= 0.6 is 24.0 Å². The number of rotatable bonds is 4. The first-order valence-corrected chi connectivity index (χ1v) is 7.28. The van der Waals surface area contributed by atoms with E-state index in [1.807, 2.05) is 7.05 Å². The third kappa shape index (κ3) is 4.32. The average Bonchev–Trinajstić information content (AvgIpc) is 2.47. The van der Waals surface area contributed by atoms with E-state index in [2.05, 4.69) is 5.32 Å². The van der Waals surface area contributed by atoms with Gasteiger partial charge in [0.1, 0.15) is 5.56 Å². The van der Waals surface area contributed by atoms with Gasteiger partial charge >= 0.3 is 0 Å². The van der Waals surface area contributed by atoms with Crippen molar-refractivity contribution in [2.45, 2.75) is 12.8 Å². The maximum Gasteiger partial charge on any atom is 0.283 e. The van der Waals surface area contributed by atoms with Gasteiger partial charge in [-0.1, -0.05) is 11.6 Å². The van der Waals surface area contributed by atoms with Crippen molar-refractivity contribution in [1.82, 2.24) is 10.2 Å². The van der Waals surface area contributed by atoms with Gasteiger partial charge in [-0.25, -0.2) is 0 Å². The monoisotopic (exact) mass is 347 g/mol. The molecule has 6 nitrogen and oxygen atoms in total. The van der Waals surface area contributed by atoms with E-state index in [1.165, 1.54) is 18.2 Å². The molecule has 0 bridgehead atoms. The van der Waals surface area contributed by atoms with Gasteiger partial charge in [0, 0.05) is 24.2 Å². The third-order valence-electron chi connectivity index (χ3n) is 3.78. The Morgan fingerprint density at radius 2 is 2.09 bits per heavy atom. The normalized spacial score (nSPS) is 15.3. The molecule has 0 unspecified atom stereocenters. The molecule has 1 fully saturated rings. The number of carbonyl (C=O) groups excluding carboxylic acids is 1. The quantitative estimate of drug-likeness (QED) is 0.671. The van der Waals surface area contributed by atoms with Crippen LogP contribution in [0.15, 0.2) is 18.2 Å². The Hall–Kier alpha value is -1.37. The van der Waals surface area contributed by atoms with E-state index in [0.717, 1.165) is 19.4 Å². The van der Waals surface area contributed by atoms with Crippen molar-refractivity contribution >= 4 is 35.6 Å². The lowest BCUT2D eigenvalue weighted by molar-refractivity contribution is -0.385. The van der Waals surface area contributed by atoms with Crippen molar-refractivity contribution < 1.29 is 9.72 Å². The molecule has 1 aromatic carbocycles. The zero-order valence-corrected chi connectivity index (χ0v) is 13.8. The molecule has 0 aromatic heterocycles. The fourth-order valence-electron chi connectivity index (χ4n) is 2.64. The summed E-state index contributed by atoms with van der Waals surface area (Å²) in [7, 11) is 1.91. The minimum atomic E-state index is -0.563. The molecular formula is C14H19Cl2N3O3. The van der Waals surface area contributed by atoms with Gasteiger partial charge < -0.3 is 10.2 Å². The minimum absolute atomic E-state index is 0. The highest BCUT2D eigenvalue weighted by Gasteiger charge is 2.28. The molecule has 0 saturated carbocycles. The summed E-state index contributed by atoms with van der Waals surface area (Å²) in [6, 6.07) is 4.17. The van der Waals surface area contributed by atoms with E-state index in [1.54, 1.807) is 4.90 Å². The maximum absolute atomic E-state index is 12.5. The fourth-order valence-corrected chi connectivity index (χ4v) is 2.80. The van der Waals surface area contributed by atoms with Crippen LogP contribution in [0.1, 0.15) is 23.2 Å². The summed E-state index contributed by atoms with van der Waals surface area (Å²) in [6.07, 6.45) is 1.82. The lowest BCUT2D eigenvalue weighted by Crippen LogP contribution is -2.40. The molecule has 1 aliphatic rings. The summed E-state index contributed by atoms with van der Waals surface area (Å²) >= 11 is 5.77. The molecule has 1 N–H and O–H groups in total. The second-order valence-electron chi connectivity index (χ2n) is 5.21. The summed E-state index contributed by atoms with van der Waals surface area (Å²) < 4.78 is 0. The summed E-state index contributed by atoms with van der Waals surface area (Å²) in [5.41, 5.74) is -0.124. The molecular weight excluding hydrogens is 329 g/mol. The van der Waals surface area contributed by atoms with Crippen LogP contribution in [-0.2, 0) is 0 Å². The number of halogens is 2. The smallest absolute Gasteiger partial charge is 0.283 e. The Labute approximate surface area is 140 Å². The second-order valence-corrected chi connectivity index (χ2v) is 5.65. The van der Waals surface area contributed by atoms with E-state index < -0.39 is 4.92 Å². The topological polar surface area (TPSA) is 75.5 Å². The van der Waals surface area contributed by atoms with Crippen LogP contribution in [0.2, 0.25) is 5.02 Å². The zero-order chi connectivity index (χ0) is 15.4. The summed E-state index contributed by atoms with van der Waals surface area (Å²) in [6.45, 7) is 2.19. The average molecular weight is 348 g/mol. The van der Waals surface area contributed by atoms with Crippen LogP contribution in [0.25, 0.3) is 0 Å². The summed E-state index contributed by atoms with van der Waals surface area (Å²) in [5.74, 6) is 0.264. The highest BCUT2D eigenvalue weighted by molar-refractivity contribution is 6.31. The molecule has 2 rings (SSSR count). The van der Waals surface area contributed by atoms with Crippen molar-refractivity contribution in [3.63, 3.8) is 0 Å². The number of carbonyl (C=O) groups is 1. The first kappa shape index (κ1) is 18.7. The van der Waals surface area contributed by atoms with Crippen LogP contribution in [0.3, 0.4) is 0 Å². The van der Waals surface area contributed by atoms with E-state index in [-0.39, 0.29) is 34.6 Å². The van der Waals surface area contributed by atoms with E-state index in [9.17, 15) is 14.9 Å². The number of amides is 1. The van der Waals surface area contributed by atoms with Crippen molar-refractivity contribution in [1.29, 1.82) is 0 Å². The number of hydrogen-bond donors (Lipinski definition) is 1. The number of piperidine rings is 1. The Balaban J connectivity index is 0.00000242. The number of nitrogens with one attached hydrogen (secondary N) is 1. The third-order valence-corrected chi connectivity index (χ3v) is 4.02. The molecule has 8 heteroatoms. The highest BCUT2D eigenvalue weighted by atomic mass is 35.5. The summed E-state index contributed by atoms with van der Waals surface area (Å²) in [4.78, 5) is 24.7. The Bertz CT molecular complexity index is 546. The molecule has 1 amide bonds. The molecule has 0 atom stereocenters. The zero-order valence-electron chi connectivity index (χ0n) is 12.3. The lowest BCUT2D eigenvalue weighted by Gasteiger charge is -2.31. The van der Waals surface area contributed by atoms with Gasteiger partial charge in [0.25, 0.3) is 11.6 Å². The number of hydrogen-bond acceptors (Lipinski definition) is 4. The van der Waals surface area contributed by atoms with Crippen LogP contribution in [-0.4, -0.2) is 42.4 Å². The molecule has 1 heterocycles. The van der Waals surface area contributed by atoms with Gasteiger partial charge in [-0.2, -0.15) is 0 Å². The van der Waals surface area contributed by atoms with Gasteiger partial charge in [-0.05, 0) is 44.5 Å². The van der Waals surface area contributed by atoms with Crippen molar-refractivity contribution in [3.8, 4) is 0 Å². The largest absolute Gasteiger partial charge is 0.338 e. The molecule has 22 heavy (non-hydrogen) atoms. The SMILES string of the molecule is CNCC1CCN(C(=O)c2ccc(Cl)cc2[N+](=O)[O-])CC1.Cl. The predicted octanol–water partition coefficient (Wildman–Crippen LogP) is 2.74. The first-order chi connectivity index (χ1) is 10.0. The van der Waals surface area contributed by atoms with Crippen LogP contribution in [0.5, 0.6) is 0 Å². The Morgan fingerprint density at radius 3 is 2.64 bits per heavy atom. The molecule has 1 aromatic rings. The number of nitrogens with zero attached hydrogens (tertiary/aromatic N) is 2. The molecule has 1 saturated heterocycles. The highest BCUT2D eigenvalue weighted by Crippen LogP contribution is 2.26. The van der Waals surface area contributed by atoms with Gasteiger partial charge in [-0.3, -0.25) is 14.9 Å². The van der Waals surface area contributed by atoms with Crippen molar-refractivity contribution in [3.05, 3.63) is 38.9 Å². The molecule has 1 aliphatic heterocycles. The standard InChI is InChI=1S/C14H18ClN3O3.ClH/c1-16-9-10-4-6-17(7-5-10)14(19)12-3-2-11(15)8-13(12)18(20)21;/h2-3,8,10,16H,4-7,9H2,1H3;1H. The fraction of sp³-hybridized carbons (Fsp3) is 0.500. The van der Waals surface area contributed by atoms with Gasteiger partial charge in [0.15, 0.2) is 0 Å². The van der Waals surface area contributed by atoms with E-state index in [4.69, 9.17) is 11.6 Å². The predicted molar refractivity (Wildman–Crippen MR) is 87.9 cm³/mol. The second kappa shape index (κ2) is 8.31. The molecule has 0 aliphatic carbocycles. The number of nitro benzene ring substituents is 1. The first-order valence-electron chi connectivity index (χ1n) is 6.90. The van der Waals surface area contributed by atoms with Crippen LogP contribution < -0.4 is 5.32 Å². The van der Waals surface area contributed by atoms with Gasteiger partial charge in [0.2, 0.25) is 0 Å². The van der Waals surface area contributed by atoms with E-state index >= 15 is 0 Å². The summed E-state index contributed by atoms with van der Waals surface area (Å²) in [5, 5.41) is 14.5. The van der Waals surface area contributed by atoms with Crippen LogP contribution in [0, 0.1) is 16.0 Å². The lowest BCUT2D eigenvalue weighted by atomic mass is 9.96. The Morgan fingerprint density at radius 1 is 1.45 bits per heavy atom. The number of nitro groups is 1. The van der Waals surface area contributed by atoms with Gasteiger partial charge in [-0.15, -0.1) is 12.4 Å². The maximum atomic E-state index is 12.5. The number of benzene rings is 1.